The number of aliphatic hydroxyl groups excluding tert-OH is 1. The van der Waals surface area contributed by atoms with Gasteiger partial charge in [0.1, 0.15) is 6.04 Å². The van der Waals surface area contributed by atoms with Gasteiger partial charge in [0.15, 0.2) is 0 Å². The molecule has 0 bridgehead atoms. The number of aliphatic hydroxyl groups is 1. The highest BCUT2D eigenvalue weighted by Gasteiger charge is 2.46. The Morgan fingerprint density at radius 2 is 1.83 bits per heavy atom. The zero-order chi connectivity index (χ0) is 24.4. The van der Waals surface area contributed by atoms with Gasteiger partial charge in [-0.2, -0.15) is 0 Å². The highest BCUT2D eigenvalue weighted by atomic mass is 35.5. The van der Waals surface area contributed by atoms with E-state index in [1.54, 1.807) is 12.1 Å². The summed E-state index contributed by atoms with van der Waals surface area (Å²) in [6.45, 7) is 2.66. The Labute approximate surface area is 213 Å². The number of β-amino-alcohol motifs (C(OH)–C–C–N with tert-alkyl or cyclic N) is 1. The number of halogens is 1. The highest BCUT2D eigenvalue weighted by Crippen LogP contribution is 2.49. The van der Waals surface area contributed by atoms with Crippen molar-refractivity contribution in [1.82, 2.24) is 10.2 Å². The molecule has 2 heterocycles. The van der Waals surface area contributed by atoms with E-state index in [0.29, 0.717) is 20.5 Å². The van der Waals surface area contributed by atoms with E-state index in [4.69, 9.17) is 11.6 Å². The van der Waals surface area contributed by atoms with E-state index in [1.165, 1.54) is 16.9 Å². The Hall–Kier alpha value is -2.71. The third kappa shape index (κ3) is 5.59. The van der Waals surface area contributed by atoms with Gasteiger partial charge in [0, 0.05) is 30.7 Å². The zero-order valence-corrected chi connectivity index (χ0v) is 20.8. The summed E-state index contributed by atoms with van der Waals surface area (Å²) >= 11 is 7.15. The topological polar surface area (TPSA) is 81.7 Å². The fourth-order valence-corrected chi connectivity index (χ4v) is 5.72. The zero-order valence-electron chi connectivity index (χ0n) is 19.2. The molecule has 3 aromatic rings. The molecule has 35 heavy (non-hydrogen) atoms. The van der Waals surface area contributed by atoms with Crippen LogP contribution in [0, 0.1) is 0 Å². The van der Waals surface area contributed by atoms with Crippen LogP contribution < -0.4 is 10.6 Å². The van der Waals surface area contributed by atoms with Crippen molar-refractivity contribution in [1.29, 1.82) is 0 Å². The van der Waals surface area contributed by atoms with Crippen molar-refractivity contribution in [2.75, 3.05) is 25.0 Å². The van der Waals surface area contributed by atoms with Crippen LogP contribution in [0.1, 0.15) is 46.1 Å². The molecule has 2 fully saturated rings. The van der Waals surface area contributed by atoms with Gasteiger partial charge in [-0.05, 0) is 54.7 Å². The lowest BCUT2D eigenvalue weighted by molar-refractivity contribution is -0.118. The first-order valence-corrected chi connectivity index (χ1v) is 13.0. The predicted octanol–water partition coefficient (Wildman–Crippen LogP) is 4.61. The molecule has 8 heteroatoms. The van der Waals surface area contributed by atoms with E-state index in [-0.39, 0.29) is 23.3 Å². The summed E-state index contributed by atoms with van der Waals surface area (Å²) in [5, 5.41) is 15.6. The number of rotatable bonds is 8. The number of hydrogen-bond acceptors (Lipinski definition) is 5. The van der Waals surface area contributed by atoms with Gasteiger partial charge < -0.3 is 15.7 Å². The van der Waals surface area contributed by atoms with Crippen molar-refractivity contribution in [3.8, 4) is 0 Å². The summed E-state index contributed by atoms with van der Waals surface area (Å²) in [5.74, 6) is -0.656. The van der Waals surface area contributed by atoms with Crippen LogP contribution in [0.5, 0.6) is 0 Å². The molecule has 1 saturated carbocycles. The van der Waals surface area contributed by atoms with Crippen LogP contribution in [0.25, 0.3) is 0 Å². The molecule has 2 atom stereocenters. The molecule has 1 unspecified atom stereocenters. The lowest BCUT2D eigenvalue weighted by atomic mass is 9.95. The molecule has 1 aliphatic heterocycles. The predicted molar refractivity (Wildman–Crippen MR) is 139 cm³/mol. The number of carbonyl (C=O) groups is 2. The van der Waals surface area contributed by atoms with Crippen molar-refractivity contribution < 1.29 is 14.7 Å². The van der Waals surface area contributed by atoms with Gasteiger partial charge >= 0.3 is 0 Å². The maximum absolute atomic E-state index is 13.3. The molecule has 0 spiro atoms. The van der Waals surface area contributed by atoms with E-state index in [1.807, 2.05) is 42.5 Å². The number of likely N-dealkylation sites (tertiary alicyclic amines) is 1. The molecule has 5 rings (SSSR count). The summed E-state index contributed by atoms with van der Waals surface area (Å²) in [5.41, 5.74) is 2.79. The molecular weight excluding hydrogens is 482 g/mol. The minimum Gasteiger partial charge on any atom is -0.392 e. The van der Waals surface area contributed by atoms with Crippen molar-refractivity contribution in [3.05, 3.63) is 87.1 Å². The van der Waals surface area contributed by atoms with Crippen LogP contribution in [-0.2, 0) is 10.2 Å². The molecule has 3 N–H and O–H groups in total. The van der Waals surface area contributed by atoms with E-state index in [2.05, 4.69) is 27.7 Å². The Morgan fingerprint density at radius 1 is 1.09 bits per heavy atom. The number of nitrogens with one attached hydrogen (secondary N) is 2. The third-order valence-corrected chi connectivity index (χ3v) is 8.09. The normalized spacial score (nSPS) is 19.8. The molecule has 6 nitrogen and oxygen atoms in total. The quantitative estimate of drug-likeness (QED) is 0.414. The van der Waals surface area contributed by atoms with Crippen LogP contribution in [-0.4, -0.2) is 47.6 Å². The summed E-state index contributed by atoms with van der Waals surface area (Å²) < 4.78 is 0.519. The second-order valence-electron chi connectivity index (χ2n) is 9.45. The monoisotopic (exact) mass is 509 g/mol. The van der Waals surface area contributed by atoms with Gasteiger partial charge in [-0.25, -0.2) is 0 Å². The number of amides is 2. The van der Waals surface area contributed by atoms with E-state index >= 15 is 0 Å². The van der Waals surface area contributed by atoms with Crippen molar-refractivity contribution >= 4 is 40.4 Å². The number of nitrogens with zero attached hydrogens (tertiary/aromatic N) is 1. The van der Waals surface area contributed by atoms with Crippen LogP contribution >= 0.6 is 22.9 Å². The number of anilines is 1. The maximum Gasteiger partial charge on any atom is 0.262 e. The first-order chi connectivity index (χ1) is 16.9. The molecule has 2 amide bonds. The lowest BCUT2D eigenvalue weighted by Crippen LogP contribution is -2.36. The number of carbonyl (C=O) groups excluding carboxylic acids is 2. The fraction of sp³-hybridized carbons (Fsp3) is 0.333. The largest absolute Gasteiger partial charge is 0.392 e. The number of hydrogen-bond donors (Lipinski definition) is 3. The lowest BCUT2D eigenvalue weighted by Gasteiger charge is -2.24. The fourth-order valence-electron chi connectivity index (χ4n) is 4.78. The summed E-state index contributed by atoms with van der Waals surface area (Å²) in [4.78, 5) is 28.8. The Balaban J connectivity index is 1.27. The van der Waals surface area contributed by atoms with Crippen molar-refractivity contribution in [2.45, 2.75) is 36.8 Å². The average Bonchev–Trinajstić information content (AvgIpc) is 3.31. The molecule has 1 aliphatic carbocycles. The van der Waals surface area contributed by atoms with E-state index in [0.717, 1.165) is 38.9 Å². The van der Waals surface area contributed by atoms with Crippen molar-refractivity contribution in [3.63, 3.8) is 0 Å². The first kappa shape index (κ1) is 24.0. The highest BCUT2D eigenvalue weighted by molar-refractivity contribution is 7.18. The van der Waals surface area contributed by atoms with Crippen LogP contribution in [0.3, 0.4) is 0 Å². The minimum atomic E-state index is -0.847. The van der Waals surface area contributed by atoms with Gasteiger partial charge in [0.05, 0.1) is 15.3 Å². The van der Waals surface area contributed by atoms with Crippen LogP contribution in [0.4, 0.5) is 5.69 Å². The summed E-state index contributed by atoms with van der Waals surface area (Å²) in [6.07, 6.45) is 2.92. The van der Waals surface area contributed by atoms with Gasteiger partial charge in [-0.1, -0.05) is 54.1 Å². The van der Waals surface area contributed by atoms with E-state index < -0.39 is 6.04 Å². The van der Waals surface area contributed by atoms with Crippen LogP contribution in [0.15, 0.2) is 66.7 Å². The van der Waals surface area contributed by atoms with Gasteiger partial charge in [-0.15, -0.1) is 11.3 Å². The van der Waals surface area contributed by atoms with Gasteiger partial charge in [0.2, 0.25) is 0 Å². The first-order valence-electron chi connectivity index (χ1n) is 11.8. The maximum atomic E-state index is 13.3. The summed E-state index contributed by atoms with van der Waals surface area (Å²) in [7, 11) is 0. The van der Waals surface area contributed by atoms with Gasteiger partial charge in [-0.3, -0.25) is 14.5 Å². The number of thiophene rings is 1. The van der Waals surface area contributed by atoms with Gasteiger partial charge in [0.25, 0.3) is 11.8 Å². The Bertz CT molecular complexity index is 1190. The average molecular weight is 510 g/mol. The second-order valence-corrected chi connectivity index (χ2v) is 11.2. The standard InChI is InChI=1S/C27H28ClN3O3S/c28-23-11-10-22(35-23)25(33)30-24(18-4-2-1-3-5-18)26(34)29-20-8-6-19(7-9-20)27(13-14-27)17-31-15-12-21(32)16-31/h1-11,21,24,32H,12-17H2,(H,29,34)(H,30,33)/t21-,24?/m1/s1. The number of benzene rings is 2. The molecule has 2 aromatic carbocycles. The Kier molecular flexibility index (Phi) is 6.93. The molecule has 1 aromatic heterocycles. The van der Waals surface area contributed by atoms with Crippen molar-refractivity contribution in [2.24, 2.45) is 0 Å². The molecule has 1 saturated heterocycles. The Morgan fingerprint density at radius 3 is 2.43 bits per heavy atom. The van der Waals surface area contributed by atoms with E-state index in [9.17, 15) is 14.7 Å². The minimum absolute atomic E-state index is 0.148. The third-order valence-electron chi connectivity index (χ3n) is 6.86. The van der Waals surface area contributed by atoms with Crippen LogP contribution in [0.2, 0.25) is 4.34 Å². The molecular formula is C27H28ClN3O3S. The SMILES string of the molecule is O=C(NC(C(=O)Nc1ccc(C2(CN3CC[C@@H](O)C3)CC2)cc1)c1ccccc1)c1ccc(Cl)s1. The summed E-state index contributed by atoms with van der Waals surface area (Å²) in [6, 6.07) is 19.7. The molecule has 2 aliphatic rings. The second kappa shape index (κ2) is 10.1. The molecule has 182 valence electrons. The molecule has 0 radical (unpaired) electrons. The smallest absolute Gasteiger partial charge is 0.262 e.